The quantitative estimate of drug-likeness (QED) is 0.00898. The topological polar surface area (TPSA) is 716 Å². The van der Waals surface area contributed by atoms with E-state index in [1.807, 2.05) is 0 Å². The summed E-state index contributed by atoms with van der Waals surface area (Å²) in [6.07, 6.45) is -50.9. The second kappa shape index (κ2) is 40.4. The average Bonchev–Trinajstić information content (AvgIpc) is 0.757. The molecule has 25 N–H and O–H groups in total. The lowest BCUT2D eigenvalue weighted by atomic mass is 9.97. The minimum atomic E-state index is -2.33. The third kappa shape index (κ3) is 21.0. The monoisotopic (exact) mass is 1760 g/mol. The van der Waals surface area contributed by atoms with Gasteiger partial charge in [-0.25, -0.2) is 18.8 Å². The molecule has 6 aliphatic heterocycles. The number of benzene rings is 5. The van der Waals surface area contributed by atoms with Gasteiger partial charge in [-0.15, -0.1) is 0 Å². The van der Waals surface area contributed by atoms with Crippen molar-refractivity contribution in [1.29, 1.82) is 0 Å². The molecule has 30 atom stereocenters. The zero-order valence-electron chi connectivity index (χ0n) is 64.5. The predicted octanol–water partition coefficient (Wildman–Crippen LogP) is -6.57. The molecule has 12 rings (SSSR count). The Bertz CT molecular complexity index is 4750. The number of ether oxygens (including phenoxy) is 16. The van der Waals surface area contributed by atoms with Crippen molar-refractivity contribution >= 4 is 47.1 Å². The molecule has 0 spiro atoms. The number of aliphatic hydroxyl groups excluding tert-OH is 20. The van der Waals surface area contributed by atoms with Crippen molar-refractivity contribution in [3.63, 3.8) is 0 Å². The number of phenols is 5. The second-order valence-corrected chi connectivity index (χ2v) is 29.1. The molecule has 124 heavy (non-hydrogen) atoms. The Hall–Kier alpha value is -10.1. The van der Waals surface area contributed by atoms with Crippen molar-refractivity contribution in [2.45, 2.75) is 184 Å². The number of hydrogen-bond donors (Lipinski definition) is 25. The lowest BCUT2D eigenvalue weighted by molar-refractivity contribution is -0.358. The van der Waals surface area contributed by atoms with E-state index in [0.29, 0.717) is 0 Å². The minimum Gasteiger partial charge on any atom is -0.507 e. The summed E-state index contributed by atoms with van der Waals surface area (Å²) < 4.78 is 97.1. The highest BCUT2D eigenvalue weighted by Gasteiger charge is 2.55. The van der Waals surface area contributed by atoms with Crippen LogP contribution < -0.4 is 28.4 Å². The highest BCUT2D eigenvalue weighted by atomic mass is 16.8. The van der Waals surface area contributed by atoms with Crippen LogP contribution in [0.25, 0.3) is 40.5 Å². The van der Waals surface area contributed by atoms with Gasteiger partial charge in [-0.3, -0.25) is 0 Å². The Balaban J connectivity index is 0.746. The molecule has 45 nitrogen and oxygen atoms in total. The van der Waals surface area contributed by atoms with Crippen molar-refractivity contribution in [1.82, 2.24) is 0 Å². The number of carbonyl (C=O) groups is 3. The summed E-state index contributed by atoms with van der Waals surface area (Å²) in [5, 5.41) is 267. The van der Waals surface area contributed by atoms with Gasteiger partial charge in [0.2, 0.25) is 37.2 Å². The maximum atomic E-state index is 13.6. The maximum Gasteiger partial charge on any atom is 0.402 e. The first kappa shape index (κ1) is 93.0. The normalized spacial score (nSPS) is 34.0. The molecule has 6 fully saturated rings. The van der Waals surface area contributed by atoms with Crippen molar-refractivity contribution < 1.29 is 222 Å². The molecule has 6 saturated heterocycles. The smallest absolute Gasteiger partial charge is 0.402 e. The Morgan fingerprint density at radius 3 is 1.13 bits per heavy atom. The zero-order valence-corrected chi connectivity index (χ0v) is 64.5. The Labute approximate surface area is 698 Å². The lowest BCUT2D eigenvalue weighted by Gasteiger charge is -2.45. The standard InChI is InChI=1S/C79H90O45/c1-108-42-19-32(8-11-35(42)84)72-45(22-34-40(112-72)20-33(83)21-41(34)114-75-67(103)61(97)55(91)46(23-80)118-75)117-79-73(124-78-71(107)65(101)59(95)50(122-78)27-110-54(90)15-7-31-3-10-37(86)44(18-31)116-77-69(105)63(99)57(93)48(25-82)120-77)66(102)60(96)51(123-79)28-111-52(88)13-5-29-4-12-39(38(87)16-29)113-74-70(106)64(100)58(94)49(121-74)26-109-53(89)14-6-30-2-9-36(85)43(17-30)115-76-68(104)62(98)56(92)47(24-81)119-76/h2-22,46-51,55-71,73-82,91-107H,23-28H2,1H3,(H4-,83,84,85,86,87,89,90)/p+1/b13-5+/t46-,47-,48-,49-,50-,51-,55-,56-,57-,58-,59-,60-,61+,62+,63+,64+,65+,66+,67-,68-,69-,70-,71-,73-,74-,75-,76-,77-,78+,79-/m1/s1. The third-order valence-corrected chi connectivity index (χ3v) is 20.6. The average molecular weight is 1760 g/mol. The van der Waals surface area contributed by atoms with E-state index in [1.165, 1.54) is 49.6 Å². The molecule has 0 saturated carbocycles. The van der Waals surface area contributed by atoms with E-state index in [9.17, 15) is 142 Å². The van der Waals surface area contributed by atoms with Crippen LogP contribution in [0, 0.1) is 0 Å². The van der Waals surface area contributed by atoms with Gasteiger partial charge in [0.1, 0.15) is 177 Å². The van der Waals surface area contributed by atoms with Gasteiger partial charge < -0.3 is 203 Å². The van der Waals surface area contributed by atoms with Crippen molar-refractivity contribution in [3.05, 3.63) is 126 Å². The number of fused-ring (bicyclic) bond motifs is 1. The van der Waals surface area contributed by atoms with E-state index < -0.39 is 288 Å². The van der Waals surface area contributed by atoms with E-state index in [-0.39, 0.29) is 56.2 Å². The summed E-state index contributed by atoms with van der Waals surface area (Å²) in [7, 11) is 1.20. The predicted molar refractivity (Wildman–Crippen MR) is 404 cm³/mol. The van der Waals surface area contributed by atoms with Crippen molar-refractivity contribution in [2.75, 3.05) is 46.8 Å². The van der Waals surface area contributed by atoms with E-state index >= 15 is 0 Å². The molecule has 5 aromatic carbocycles. The summed E-state index contributed by atoms with van der Waals surface area (Å²) in [5.74, 6) is -8.58. The van der Waals surface area contributed by atoms with Crippen LogP contribution in [-0.2, 0) is 61.8 Å². The summed E-state index contributed by atoms with van der Waals surface area (Å²) >= 11 is 0. The van der Waals surface area contributed by atoms with Crippen molar-refractivity contribution in [3.8, 4) is 74.6 Å². The van der Waals surface area contributed by atoms with Crippen LogP contribution >= 0.6 is 0 Å². The first-order chi connectivity index (χ1) is 59.1. The van der Waals surface area contributed by atoms with Gasteiger partial charge in [0.25, 0.3) is 0 Å². The fourth-order valence-corrected chi connectivity index (χ4v) is 13.6. The van der Waals surface area contributed by atoms with Crippen LogP contribution in [0.2, 0.25) is 0 Å². The van der Waals surface area contributed by atoms with Crippen LogP contribution in [0.4, 0.5) is 0 Å². The second-order valence-electron chi connectivity index (χ2n) is 29.1. The van der Waals surface area contributed by atoms with Crippen LogP contribution in [0.15, 0.2) is 114 Å². The molecule has 676 valence electrons. The largest absolute Gasteiger partial charge is 0.507 e. The van der Waals surface area contributed by atoms with Gasteiger partial charge in [0, 0.05) is 36.4 Å². The Morgan fingerprint density at radius 1 is 0.339 bits per heavy atom. The molecule has 0 radical (unpaired) electrons. The molecule has 0 aliphatic carbocycles. The summed E-state index contributed by atoms with van der Waals surface area (Å²) in [6, 6.07) is 17.5. The maximum absolute atomic E-state index is 13.6. The van der Waals surface area contributed by atoms with Crippen LogP contribution in [0.1, 0.15) is 16.7 Å². The highest BCUT2D eigenvalue weighted by Crippen LogP contribution is 2.45. The zero-order chi connectivity index (χ0) is 89.6. The van der Waals surface area contributed by atoms with Gasteiger partial charge in [0.15, 0.2) is 58.4 Å². The lowest BCUT2D eigenvalue weighted by Crippen LogP contribution is -2.65. The summed E-state index contributed by atoms with van der Waals surface area (Å²) in [6.45, 7) is -5.13. The SMILES string of the molecule is COc1cc(-c2[o+]c3cc(O)cc(O[C@@H]4O[C@H](CO)[C@@H](O)[C@H](O)[C@H]4O)c3cc2O[C@@H]2O[C@H](COC(=O)/C=C/c3ccc(O[C@@H]4O[C@H](COC(=O)/C=C/c5ccc(O)c(O[C@@H]6O[C@H](CO)[C@@H](O)[C@H](O)[C@H]6O)c5)[C@@H](O)[C@H](O)[C@H]4O)c(O)c3)[C@@H](O)[C@H](O)[C@H]2O[C@@H]2O[C@H](COC(=O)/C=C/c3ccc(O)c(O[C@@H]4O[C@H](CO)[C@@H](O)[C@H](O)[C@H]4O)c3)[C@@H](O)[C@H](O)[C@H]2O)ccc1O. The van der Waals surface area contributed by atoms with E-state index in [0.717, 1.165) is 85.0 Å². The molecule has 7 heterocycles. The van der Waals surface area contributed by atoms with E-state index in [1.54, 1.807) is 0 Å². The van der Waals surface area contributed by atoms with E-state index in [4.69, 9.17) is 80.2 Å². The fraction of sp³-hybridized carbons (Fsp3) is 0.468. The first-order valence-electron chi connectivity index (χ1n) is 37.9. The van der Waals surface area contributed by atoms with Crippen LogP contribution in [-0.4, -0.2) is 377 Å². The van der Waals surface area contributed by atoms with Gasteiger partial charge in [-0.2, -0.15) is 0 Å². The van der Waals surface area contributed by atoms with E-state index in [2.05, 4.69) is 0 Å². The fourth-order valence-electron chi connectivity index (χ4n) is 13.6. The number of rotatable bonds is 29. The molecule has 45 heteroatoms. The number of esters is 3. The van der Waals surface area contributed by atoms with Crippen LogP contribution in [0.5, 0.6) is 63.2 Å². The van der Waals surface area contributed by atoms with Gasteiger partial charge in [0.05, 0.1) is 38.6 Å². The molecule has 0 unspecified atom stereocenters. The van der Waals surface area contributed by atoms with Gasteiger partial charge in [-0.1, -0.05) is 18.2 Å². The first-order valence-corrected chi connectivity index (χ1v) is 37.9. The number of aliphatic hydroxyl groups is 20. The summed E-state index contributed by atoms with van der Waals surface area (Å²) in [5.41, 5.74) is 0.0969. The summed E-state index contributed by atoms with van der Waals surface area (Å²) in [4.78, 5) is 39.8. The minimum absolute atomic E-state index is 0.00549. The molecular weight excluding hydrogens is 1670 g/mol. The van der Waals surface area contributed by atoms with Crippen LogP contribution in [0.3, 0.4) is 0 Å². The number of methoxy groups -OCH3 is 1. The number of aromatic hydroxyl groups is 5. The third-order valence-electron chi connectivity index (χ3n) is 20.6. The van der Waals surface area contributed by atoms with Gasteiger partial charge in [-0.05, 0) is 83.4 Å². The Morgan fingerprint density at radius 2 is 0.694 bits per heavy atom. The molecular formula is C79H91O45+. The molecule has 0 amide bonds. The molecule has 6 aromatic rings. The van der Waals surface area contributed by atoms with Gasteiger partial charge >= 0.3 is 29.3 Å². The molecule has 1 aromatic heterocycles. The number of carbonyl (C=O) groups excluding carboxylic acids is 3. The molecule has 6 aliphatic rings. The van der Waals surface area contributed by atoms with Crippen molar-refractivity contribution in [2.24, 2.45) is 0 Å². The Kier molecular flexibility index (Phi) is 30.3. The highest BCUT2D eigenvalue weighted by molar-refractivity contribution is 5.90. The molecule has 0 bridgehead atoms. The number of hydrogen-bond acceptors (Lipinski definition) is 44. The number of phenolic OH excluding ortho intramolecular Hbond substituents is 5.